The number of nitrogens with zero attached hydrogens (tertiary/aromatic N) is 5. The molecule has 13 heteroatoms. The molecule has 2 N–H and O–H groups in total. The van der Waals surface area contributed by atoms with Crippen LogP contribution in [-0.2, 0) is 9.59 Å². The van der Waals surface area contributed by atoms with Gasteiger partial charge in [-0.3, -0.25) is 19.1 Å². The molecule has 2 aliphatic rings. The number of carbonyl (C=O) groups excluding carboxylic acids is 2. The molecule has 10 nitrogen and oxygen atoms in total. The molecule has 0 bridgehead atoms. The maximum absolute atomic E-state index is 16.7. The number of carbonyl (C=O) groups is 2. The number of aromatic hydroxyl groups is 1. The van der Waals surface area contributed by atoms with Crippen LogP contribution in [-0.4, -0.2) is 61.5 Å². The maximum atomic E-state index is 16.7. The van der Waals surface area contributed by atoms with Gasteiger partial charge < -0.3 is 20.2 Å². The van der Waals surface area contributed by atoms with E-state index in [-0.39, 0.29) is 35.7 Å². The van der Waals surface area contributed by atoms with E-state index in [1.165, 1.54) is 9.47 Å². The van der Waals surface area contributed by atoms with Crippen LogP contribution in [0, 0.1) is 24.4 Å². The summed E-state index contributed by atoms with van der Waals surface area (Å²) < 4.78 is 47.6. The molecule has 1 fully saturated rings. The molecule has 2 amide bonds. The van der Waals surface area contributed by atoms with Crippen molar-refractivity contribution in [3.8, 4) is 22.6 Å². The predicted octanol–water partition coefficient (Wildman–Crippen LogP) is 4.55. The molecule has 232 valence electrons. The third kappa shape index (κ3) is 4.52. The number of phenolic OH excluding ortho intramolecular Hbond substituents is 1. The van der Waals surface area contributed by atoms with Crippen molar-refractivity contribution in [3.63, 3.8) is 0 Å². The van der Waals surface area contributed by atoms with Gasteiger partial charge in [-0.25, -0.2) is 18.0 Å². The van der Waals surface area contributed by atoms with Crippen molar-refractivity contribution in [1.29, 1.82) is 0 Å². The molecule has 0 aliphatic carbocycles. The molecule has 6 rings (SSSR count). The van der Waals surface area contributed by atoms with E-state index in [0.29, 0.717) is 23.0 Å². The van der Waals surface area contributed by atoms with Crippen molar-refractivity contribution < 1.29 is 27.9 Å². The molecule has 45 heavy (non-hydrogen) atoms. The molecule has 0 spiro atoms. The van der Waals surface area contributed by atoms with Crippen molar-refractivity contribution in [2.75, 3.05) is 23.3 Å². The second kappa shape index (κ2) is 10.8. The average Bonchev–Trinajstić information content (AvgIpc) is 3.12. The molecule has 2 aromatic heterocycles. The van der Waals surface area contributed by atoms with Crippen LogP contribution >= 0.6 is 0 Å². The van der Waals surface area contributed by atoms with Crippen LogP contribution in [0.25, 0.3) is 27.7 Å². The minimum Gasteiger partial charge on any atom is -0.507 e. The number of benzene rings is 2. The molecule has 2 atom stereocenters. The lowest BCUT2D eigenvalue weighted by Crippen LogP contribution is -2.62. The molecule has 4 aromatic rings. The smallest absolute Gasteiger partial charge is 0.354 e. The van der Waals surface area contributed by atoms with Crippen LogP contribution in [0.4, 0.5) is 24.7 Å². The van der Waals surface area contributed by atoms with Crippen LogP contribution in [0.2, 0.25) is 0 Å². The van der Waals surface area contributed by atoms with E-state index in [1.54, 1.807) is 31.0 Å². The summed E-state index contributed by atoms with van der Waals surface area (Å²) in [6, 6.07) is 2.76. The lowest BCUT2D eigenvalue weighted by atomic mass is 9.98. The van der Waals surface area contributed by atoms with Gasteiger partial charge in [-0.2, -0.15) is 4.98 Å². The number of phenols is 1. The second-order valence-corrected chi connectivity index (χ2v) is 11.5. The fraction of sp³-hybridized carbons (Fsp3) is 0.281. The number of nitrogens with one attached hydrogen (secondary N) is 1. The Kier molecular flexibility index (Phi) is 7.13. The van der Waals surface area contributed by atoms with E-state index in [1.807, 2.05) is 13.8 Å². The highest BCUT2D eigenvalue weighted by Gasteiger charge is 2.43. The van der Waals surface area contributed by atoms with Crippen molar-refractivity contribution in [2.24, 2.45) is 0 Å². The highest BCUT2D eigenvalue weighted by Crippen LogP contribution is 2.45. The van der Waals surface area contributed by atoms with Crippen LogP contribution in [0.15, 0.2) is 47.9 Å². The van der Waals surface area contributed by atoms with Crippen molar-refractivity contribution in [2.45, 2.75) is 45.7 Å². The highest BCUT2D eigenvalue weighted by molar-refractivity contribution is 6.13. The summed E-state index contributed by atoms with van der Waals surface area (Å²) in [5, 5.41) is 13.2. The van der Waals surface area contributed by atoms with Gasteiger partial charge >= 0.3 is 5.69 Å². The van der Waals surface area contributed by atoms with E-state index in [2.05, 4.69) is 21.9 Å². The van der Waals surface area contributed by atoms with Gasteiger partial charge in [0.25, 0.3) is 0 Å². The van der Waals surface area contributed by atoms with E-state index in [9.17, 15) is 23.9 Å². The molecule has 0 saturated carbocycles. The van der Waals surface area contributed by atoms with Gasteiger partial charge in [0.2, 0.25) is 11.8 Å². The summed E-state index contributed by atoms with van der Waals surface area (Å²) in [5.41, 5.74) is -1.12. The van der Waals surface area contributed by atoms with Crippen LogP contribution in [0.3, 0.4) is 0 Å². The number of aromatic nitrogens is 3. The fourth-order valence-electron chi connectivity index (χ4n) is 6.30. The van der Waals surface area contributed by atoms with Crippen LogP contribution in [0.5, 0.6) is 5.75 Å². The van der Waals surface area contributed by atoms with Gasteiger partial charge in [0.1, 0.15) is 17.6 Å². The first-order valence-electron chi connectivity index (χ1n) is 14.3. The fourth-order valence-corrected chi connectivity index (χ4v) is 6.30. The van der Waals surface area contributed by atoms with Crippen molar-refractivity contribution in [1.82, 2.24) is 19.4 Å². The highest BCUT2D eigenvalue weighted by atomic mass is 19.2. The zero-order valence-corrected chi connectivity index (χ0v) is 24.9. The van der Waals surface area contributed by atoms with Crippen molar-refractivity contribution >= 4 is 34.2 Å². The molecular formula is C32H29F3N6O4. The number of rotatable bonds is 4. The molecule has 2 unspecified atom stereocenters. The zero-order chi connectivity index (χ0) is 32.5. The summed E-state index contributed by atoms with van der Waals surface area (Å²) in [6.45, 7) is 10.8. The summed E-state index contributed by atoms with van der Waals surface area (Å²) in [7, 11) is 0. The average molecular weight is 619 g/mol. The number of anilines is 2. The topological polar surface area (TPSA) is 121 Å². The lowest BCUT2D eigenvalue weighted by molar-refractivity contribution is -0.128. The first kappa shape index (κ1) is 29.9. The van der Waals surface area contributed by atoms with Gasteiger partial charge in [-0.15, -0.1) is 0 Å². The monoisotopic (exact) mass is 618 g/mol. The number of halogens is 3. The first-order valence-corrected chi connectivity index (χ1v) is 14.3. The summed E-state index contributed by atoms with van der Waals surface area (Å²) in [5.74, 6) is -6.13. The quantitative estimate of drug-likeness (QED) is 0.322. The standard InChI is InChI=1S/C32H29F3N6O4/c1-6-22(43)39-12-16(5)40-20(13-39)31(44)37-28-24-19(11-17(25(28)34)23-21(42)8-7-18(33)26(23)35)41(32(45)38-30(24)40)29-15(4)9-10-36-27(29)14(2)3/h6-11,14,16,20,42H,1,12-13H2,2-5H3,(H,37,44). The summed E-state index contributed by atoms with van der Waals surface area (Å²) >= 11 is 0. The molecule has 2 aromatic carbocycles. The summed E-state index contributed by atoms with van der Waals surface area (Å²) in [6.07, 6.45) is 2.71. The minimum absolute atomic E-state index is 0.00945. The van der Waals surface area contributed by atoms with Gasteiger partial charge in [0, 0.05) is 24.3 Å². The number of aryl methyl sites for hydroxylation is 1. The Bertz CT molecular complexity index is 2010. The molecule has 2 aliphatic heterocycles. The number of fused-ring (bicyclic) bond motifs is 2. The maximum Gasteiger partial charge on any atom is 0.354 e. The van der Waals surface area contributed by atoms with E-state index in [0.717, 1.165) is 18.2 Å². The van der Waals surface area contributed by atoms with Gasteiger partial charge in [0.05, 0.1) is 40.1 Å². The second-order valence-electron chi connectivity index (χ2n) is 11.5. The number of hydrogen-bond donors (Lipinski definition) is 2. The number of piperazine rings is 1. The minimum atomic E-state index is -1.52. The summed E-state index contributed by atoms with van der Waals surface area (Å²) in [4.78, 5) is 52.3. The SMILES string of the molecule is C=CC(=O)N1CC(C)N2c3nc(=O)n(-c4c(C)ccnc4C(C)C)c4cc(-c5c(O)ccc(F)c5F)c(F)c(c34)NC(=O)C2C1. The Morgan fingerprint density at radius 1 is 1.16 bits per heavy atom. The normalized spacial score (nSPS) is 17.7. The lowest BCUT2D eigenvalue weighted by Gasteiger charge is -2.44. The molecule has 4 heterocycles. The number of amides is 2. The predicted molar refractivity (Wildman–Crippen MR) is 162 cm³/mol. The van der Waals surface area contributed by atoms with Crippen LogP contribution in [0.1, 0.15) is 37.9 Å². The Hall–Kier alpha value is -5.20. The largest absolute Gasteiger partial charge is 0.507 e. The zero-order valence-electron chi connectivity index (χ0n) is 24.9. The first-order chi connectivity index (χ1) is 21.3. The Balaban J connectivity index is 1.77. The molecule has 0 radical (unpaired) electrons. The van der Waals surface area contributed by atoms with Crippen LogP contribution < -0.4 is 15.9 Å². The molecule has 1 saturated heterocycles. The molecular weight excluding hydrogens is 589 g/mol. The van der Waals surface area contributed by atoms with Gasteiger partial charge in [-0.05, 0) is 55.7 Å². The third-order valence-corrected chi connectivity index (χ3v) is 8.34. The van der Waals surface area contributed by atoms with Gasteiger partial charge in [-0.1, -0.05) is 20.4 Å². The Labute approximate surface area is 255 Å². The van der Waals surface area contributed by atoms with Crippen molar-refractivity contribution in [3.05, 3.63) is 82.3 Å². The third-order valence-electron chi connectivity index (χ3n) is 8.34. The van der Waals surface area contributed by atoms with Gasteiger partial charge in [0.15, 0.2) is 17.5 Å². The number of hydrogen-bond acceptors (Lipinski definition) is 7. The van der Waals surface area contributed by atoms with E-state index >= 15 is 8.78 Å². The Morgan fingerprint density at radius 2 is 1.89 bits per heavy atom. The van der Waals surface area contributed by atoms with E-state index < -0.39 is 69.6 Å². The van der Waals surface area contributed by atoms with E-state index in [4.69, 9.17) is 0 Å². The Morgan fingerprint density at radius 3 is 2.58 bits per heavy atom. The number of pyridine rings is 1.